The van der Waals surface area contributed by atoms with Crippen LogP contribution in [-0.4, -0.2) is 62.1 Å². The number of anilines is 1. The lowest BCUT2D eigenvalue weighted by Crippen LogP contribution is -2.51. The molecular formula is C24H30FN3O2. The number of para-hydroxylation sites is 1. The zero-order valence-corrected chi connectivity index (χ0v) is 17.6. The average molecular weight is 412 g/mol. The maximum Gasteiger partial charge on any atom is 0.225 e. The van der Waals surface area contributed by atoms with Gasteiger partial charge in [0.05, 0.1) is 12.8 Å². The number of benzene rings is 2. The van der Waals surface area contributed by atoms with Crippen LogP contribution in [0.3, 0.4) is 0 Å². The minimum absolute atomic E-state index is 0.108. The molecule has 0 aromatic heterocycles. The third-order valence-electron chi connectivity index (χ3n) is 6.29. The summed E-state index contributed by atoms with van der Waals surface area (Å²) in [5.74, 6) is 1.06. The fourth-order valence-electron chi connectivity index (χ4n) is 4.46. The average Bonchev–Trinajstić information content (AvgIpc) is 2.80. The molecule has 160 valence electrons. The molecule has 0 N–H and O–H groups in total. The van der Waals surface area contributed by atoms with E-state index >= 15 is 0 Å². The largest absolute Gasteiger partial charge is 0.497 e. The number of amides is 1. The van der Waals surface area contributed by atoms with E-state index in [4.69, 9.17) is 4.74 Å². The summed E-state index contributed by atoms with van der Waals surface area (Å²) in [6.45, 7) is 5.49. The van der Waals surface area contributed by atoms with E-state index in [0.717, 1.165) is 38.2 Å². The standard InChI is InChI=1S/C24H30FN3O2/c1-30-21-8-6-19(7-9-21)18-26-12-10-20(11-13-26)24(29)28-16-14-27(15-17-28)23-5-3-2-4-22(23)25/h2-9,20H,10-18H2,1H3. The Morgan fingerprint density at radius 3 is 2.27 bits per heavy atom. The molecule has 0 atom stereocenters. The Balaban J connectivity index is 1.24. The van der Waals surface area contributed by atoms with Crippen molar-refractivity contribution in [2.75, 3.05) is 51.3 Å². The van der Waals surface area contributed by atoms with Crippen molar-refractivity contribution in [3.8, 4) is 5.75 Å². The van der Waals surface area contributed by atoms with E-state index in [1.165, 1.54) is 11.6 Å². The zero-order valence-electron chi connectivity index (χ0n) is 17.6. The van der Waals surface area contributed by atoms with Gasteiger partial charge in [-0.05, 0) is 55.8 Å². The predicted octanol–water partition coefficient (Wildman–Crippen LogP) is 3.40. The minimum Gasteiger partial charge on any atom is -0.497 e. The van der Waals surface area contributed by atoms with Gasteiger partial charge in [0.1, 0.15) is 11.6 Å². The molecule has 2 saturated heterocycles. The van der Waals surface area contributed by atoms with Gasteiger partial charge in [-0.15, -0.1) is 0 Å². The molecule has 30 heavy (non-hydrogen) atoms. The Kier molecular flexibility index (Phi) is 6.53. The number of nitrogens with zero attached hydrogens (tertiary/aromatic N) is 3. The van der Waals surface area contributed by atoms with Crippen LogP contribution in [0.25, 0.3) is 0 Å². The Morgan fingerprint density at radius 2 is 1.63 bits per heavy atom. The van der Waals surface area contributed by atoms with E-state index in [-0.39, 0.29) is 17.6 Å². The number of hydrogen-bond donors (Lipinski definition) is 0. The fraction of sp³-hybridized carbons (Fsp3) is 0.458. The van der Waals surface area contributed by atoms with Crippen molar-refractivity contribution in [2.24, 2.45) is 5.92 Å². The van der Waals surface area contributed by atoms with E-state index in [0.29, 0.717) is 31.9 Å². The highest BCUT2D eigenvalue weighted by Gasteiger charge is 2.30. The second kappa shape index (κ2) is 9.47. The molecule has 2 aromatic rings. The number of rotatable bonds is 5. The second-order valence-electron chi connectivity index (χ2n) is 8.16. The van der Waals surface area contributed by atoms with Crippen LogP contribution in [0, 0.1) is 11.7 Å². The van der Waals surface area contributed by atoms with Crippen LogP contribution in [0.4, 0.5) is 10.1 Å². The highest BCUT2D eigenvalue weighted by molar-refractivity contribution is 5.79. The Bertz CT molecular complexity index is 842. The number of carbonyl (C=O) groups is 1. The summed E-state index contributed by atoms with van der Waals surface area (Å²) in [4.78, 5) is 19.4. The second-order valence-corrected chi connectivity index (χ2v) is 8.16. The van der Waals surface area contributed by atoms with Crippen molar-refractivity contribution >= 4 is 11.6 Å². The van der Waals surface area contributed by atoms with E-state index in [2.05, 4.69) is 17.0 Å². The van der Waals surface area contributed by atoms with Crippen molar-refractivity contribution in [1.29, 1.82) is 0 Å². The van der Waals surface area contributed by atoms with E-state index in [1.54, 1.807) is 13.2 Å². The number of halogens is 1. The quantitative estimate of drug-likeness (QED) is 0.756. The lowest BCUT2D eigenvalue weighted by atomic mass is 9.94. The number of hydrogen-bond acceptors (Lipinski definition) is 4. The SMILES string of the molecule is COc1ccc(CN2CCC(C(=O)N3CCN(c4ccccc4F)CC3)CC2)cc1. The molecule has 0 spiro atoms. The van der Waals surface area contributed by atoms with Crippen LogP contribution in [-0.2, 0) is 11.3 Å². The summed E-state index contributed by atoms with van der Waals surface area (Å²) in [7, 11) is 1.68. The van der Waals surface area contributed by atoms with Crippen molar-refractivity contribution in [2.45, 2.75) is 19.4 Å². The molecule has 5 nitrogen and oxygen atoms in total. The Labute approximate surface area is 178 Å². The molecule has 0 bridgehead atoms. The number of carbonyl (C=O) groups excluding carboxylic acids is 1. The van der Waals surface area contributed by atoms with Crippen molar-refractivity contribution in [3.05, 3.63) is 59.9 Å². The fourth-order valence-corrected chi connectivity index (χ4v) is 4.46. The van der Waals surface area contributed by atoms with Crippen molar-refractivity contribution in [1.82, 2.24) is 9.80 Å². The summed E-state index contributed by atoms with van der Waals surface area (Å²) < 4.78 is 19.2. The first-order valence-electron chi connectivity index (χ1n) is 10.8. The molecule has 2 aliphatic rings. The molecule has 2 aliphatic heterocycles. The van der Waals surface area contributed by atoms with Crippen LogP contribution in [0.5, 0.6) is 5.75 Å². The smallest absolute Gasteiger partial charge is 0.225 e. The van der Waals surface area contributed by atoms with Gasteiger partial charge in [-0.3, -0.25) is 9.69 Å². The van der Waals surface area contributed by atoms with Gasteiger partial charge >= 0.3 is 0 Å². The molecule has 2 aromatic carbocycles. The molecule has 0 aliphatic carbocycles. The summed E-state index contributed by atoms with van der Waals surface area (Å²) >= 11 is 0. The number of likely N-dealkylation sites (tertiary alicyclic amines) is 1. The molecular weight excluding hydrogens is 381 g/mol. The van der Waals surface area contributed by atoms with Crippen LogP contribution in [0.1, 0.15) is 18.4 Å². The molecule has 2 heterocycles. The third kappa shape index (κ3) is 4.75. The first-order valence-corrected chi connectivity index (χ1v) is 10.8. The first-order chi connectivity index (χ1) is 14.6. The first kappa shape index (κ1) is 20.7. The molecule has 2 fully saturated rings. The van der Waals surface area contributed by atoms with Gasteiger partial charge in [0, 0.05) is 38.6 Å². The van der Waals surface area contributed by atoms with E-state index < -0.39 is 0 Å². The highest BCUT2D eigenvalue weighted by atomic mass is 19.1. The normalized spacial score (nSPS) is 18.5. The van der Waals surface area contributed by atoms with Gasteiger partial charge in [-0.2, -0.15) is 0 Å². The molecule has 0 radical (unpaired) electrons. The van der Waals surface area contributed by atoms with Crippen molar-refractivity contribution in [3.63, 3.8) is 0 Å². The van der Waals surface area contributed by atoms with Gasteiger partial charge in [0.15, 0.2) is 0 Å². The molecule has 1 amide bonds. The molecule has 0 saturated carbocycles. The van der Waals surface area contributed by atoms with Crippen LogP contribution < -0.4 is 9.64 Å². The Hall–Kier alpha value is -2.60. The number of piperazine rings is 1. The molecule has 0 unspecified atom stereocenters. The van der Waals surface area contributed by atoms with Crippen LogP contribution in [0.2, 0.25) is 0 Å². The topological polar surface area (TPSA) is 36.0 Å². The molecule has 4 rings (SSSR count). The number of piperidine rings is 1. The third-order valence-corrected chi connectivity index (χ3v) is 6.29. The van der Waals surface area contributed by atoms with Crippen LogP contribution >= 0.6 is 0 Å². The van der Waals surface area contributed by atoms with Gasteiger partial charge in [-0.1, -0.05) is 24.3 Å². The predicted molar refractivity (Wildman–Crippen MR) is 116 cm³/mol. The number of ether oxygens (including phenoxy) is 1. The van der Waals surface area contributed by atoms with Crippen LogP contribution in [0.15, 0.2) is 48.5 Å². The summed E-state index contributed by atoms with van der Waals surface area (Å²) in [5.41, 5.74) is 1.90. The maximum absolute atomic E-state index is 14.0. The molecule has 6 heteroatoms. The lowest BCUT2D eigenvalue weighted by Gasteiger charge is -2.39. The van der Waals surface area contributed by atoms with Gasteiger partial charge < -0.3 is 14.5 Å². The monoisotopic (exact) mass is 411 g/mol. The minimum atomic E-state index is -0.193. The zero-order chi connectivity index (χ0) is 20.9. The van der Waals surface area contributed by atoms with Gasteiger partial charge in [-0.25, -0.2) is 4.39 Å². The number of methoxy groups -OCH3 is 1. The maximum atomic E-state index is 14.0. The lowest BCUT2D eigenvalue weighted by molar-refractivity contribution is -0.137. The highest BCUT2D eigenvalue weighted by Crippen LogP contribution is 2.24. The van der Waals surface area contributed by atoms with Gasteiger partial charge in [0.2, 0.25) is 5.91 Å². The van der Waals surface area contributed by atoms with E-state index in [9.17, 15) is 9.18 Å². The summed E-state index contributed by atoms with van der Waals surface area (Å²) in [6.07, 6.45) is 1.81. The van der Waals surface area contributed by atoms with E-state index in [1.807, 2.05) is 34.1 Å². The Morgan fingerprint density at radius 1 is 0.967 bits per heavy atom. The van der Waals surface area contributed by atoms with Gasteiger partial charge in [0.25, 0.3) is 0 Å². The summed E-state index contributed by atoms with van der Waals surface area (Å²) in [5, 5.41) is 0. The summed E-state index contributed by atoms with van der Waals surface area (Å²) in [6, 6.07) is 15.1. The van der Waals surface area contributed by atoms with Crippen molar-refractivity contribution < 1.29 is 13.9 Å².